The maximum atomic E-state index is 9.42. The Morgan fingerprint density at radius 2 is 1.94 bits per heavy atom. The number of hydrogen-bond acceptors (Lipinski definition) is 4. The van der Waals surface area contributed by atoms with Gasteiger partial charge in [-0.3, -0.25) is 0 Å². The van der Waals surface area contributed by atoms with Gasteiger partial charge >= 0.3 is 0 Å². The zero-order valence-corrected chi connectivity index (χ0v) is 10.1. The van der Waals surface area contributed by atoms with Crippen LogP contribution in [0.2, 0.25) is 0 Å². The van der Waals surface area contributed by atoms with E-state index in [-0.39, 0.29) is 18.3 Å². The Bertz CT molecular complexity index is 349. The highest BCUT2D eigenvalue weighted by atomic mass is 16.5. The molecule has 0 saturated heterocycles. The summed E-state index contributed by atoms with van der Waals surface area (Å²) < 4.78 is 15.9. The molecule has 0 bridgehead atoms. The first-order valence-corrected chi connectivity index (χ1v) is 5.70. The highest BCUT2D eigenvalue weighted by molar-refractivity contribution is 5.26. The Morgan fingerprint density at radius 3 is 2.47 bits per heavy atom. The van der Waals surface area contributed by atoms with Gasteiger partial charge < -0.3 is 19.3 Å². The molecule has 94 valence electrons. The van der Waals surface area contributed by atoms with E-state index in [1.807, 2.05) is 24.3 Å². The third kappa shape index (κ3) is 2.77. The summed E-state index contributed by atoms with van der Waals surface area (Å²) in [7, 11) is 3.24. The zero-order chi connectivity index (χ0) is 12.3. The van der Waals surface area contributed by atoms with Gasteiger partial charge in [0, 0.05) is 13.5 Å². The molecule has 3 atom stereocenters. The van der Waals surface area contributed by atoms with Crippen molar-refractivity contribution < 1.29 is 19.3 Å². The van der Waals surface area contributed by atoms with Crippen molar-refractivity contribution in [1.82, 2.24) is 0 Å². The van der Waals surface area contributed by atoms with E-state index in [1.54, 1.807) is 14.2 Å². The minimum absolute atomic E-state index is 0.00268. The van der Waals surface area contributed by atoms with Gasteiger partial charge in [0.15, 0.2) is 0 Å². The van der Waals surface area contributed by atoms with Crippen molar-refractivity contribution in [2.75, 3.05) is 14.2 Å². The van der Waals surface area contributed by atoms with Crippen LogP contribution in [0.25, 0.3) is 0 Å². The Morgan fingerprint density at radius 1 is 1.24 bits per heavy atom. The molecule has 3 unspecified atom stereocenters. The van der Waals surface area contributed by atoms with Crippen LogP contribution in [0.3, 0.4) is 0 Å². The van der Waals surface area contributed by atoms with Crippen LogP contribution in [0.5, 0.6) is 5.75 Å². The molecule has 2 rings (SSSR count). The van der Waals surface area contributed by atoms with Crippen molar-refractivity contribution in [3.8, 4) is 5.75 Å². The fourth-order valence-corrected chi connectivity index (χ4v) is 1.95. The van der Waals surface area contributed by atoms with Crippen molar-refractivity contribution in [1.29, 1.82) is 0 Å². The maximum absolute atomic E-state index is 9.42. The molecular formula is C13H18O4. The molecule has 1 fully saturated rings. The molecule has 1 aliphatic carbocycles. The van der Waals surface area contributed by atoms with Crippen molar-refractivity contribution in [2.24, 2.45) is 0 Å². The lowest BCUT2D eigenvalue weighted by Gasteiger charge is -2.39. The standard InChI is InChI=1S/C13H18O4/c1-15-10-5-3-9(4-6-10)8-17-12-7-11(14)13(12)16-2/h3-6,11-14H,7-8H2,1-2H3. The Hall–Kier alpha value is -1.10. The van der Waals surface area contributed by atoms with Crippen molar-refractivity contribution in [3.05, 3.63) is 29.8 Å². The average molecular weight is 238 g/mol. The van der Waals surface area contributed by atoms with Gasteiger partial charge in [0.25, 0.3) is 0 Å². The van der Waals surface area contributed by atoms with E-state index >= 15 is 0 Å². The monoisotopic (exact) mass is 238 g/mol. The lowest BCUT2D eigenvalue weighted by atomic mass is 9.88. The van der Waals surface area contributed by atoms with Crippen LogP contribution in [0.4, 0.5) is 0 Å². The molecule has 1 saturated carbocycles. The first kappa shape index (κ1) is 12.4. The fraction of sp³-hybridized carbons (Fsp3) is 0.538. The molecule has 1 aromatic rings. The van der Waals surface area contributed by atoms with E-state index in [0.717, 1.165) is 11.3 Å². The highest BCUT2D eigenvalue weighted by Crippen LogP contribution is 2.27. The average Bonchev–Trinajstić information content (AvgIpc) is 2.35. The van der Waals surface area contributed by atoms with Crippen LogP contribution >= 0.6 is 0 Å². The normalized spacial score (nSPS) is 27.6. The number of aliphatic hydroxyl groups excluding tert-OH is 1. The molecule has 1 aromatic carbocycles. The zero-order valence-electron chi connectivity index (χ0n) is 10.1. The van der Waals surface area contributed by atoms with E-state index in [4.69, 9.17) is 14.2 Å². The number of ether oxygens (including phenoxy) is 3. The van der Waals surface area contributed by atoms with Gasteiger partial charge in [0.2, 0.25) is 0 Å². The molecule has 0 aliphatic heterocycles. The molecule has 4 nitrogen and oxygen atoms in total. The summed E-state index contributed by atoms with van der Waals surface area (Å²) in [5.41, 5.74) is 1.09. The third-order valence-corrected chi connectivity index (χ3v) is 3.11. The van der Waals surface area contributed by atoms with Gasteiger partial charge in [-0.2, -0.15) is 0 Å². The number of aliphatic hydroxyl groups is 1. The Labute approximate surface area is 101 Å². The van der Waals surface area contributed by atoms with Gasteiger partial charge in [0.05, 0.1) is 25.9 Å². The number of methoxy groups -OCH3 is 2. The van der Waals surface area contributed by atoms with Crippen LogP contribution in [0.1, 0.15) is 12.0 Å². The number of benzene rings is 1. The maximum Gasteiger partial charge on any atom is 0.118 e. The summed E-state index contributed by atoms with van der Waals surface area (Å²) in [5, 5.41) is 9.42. The first-order chi connectivity index (χ1) is 8.24. The second-order valence-corrected chi connectivity index (χ2v) is 4.20. The largest absolute Gasteiger partial charge is 0.497 e. The smallest absolute Gasteiger partial charge is 0.118 e. The van der Waals surface area contributed by atoms with Gasteiger partial charge in [-0.25, -0.2) is 0 Å². The van der Waals surface area contributed by atoms with Gasteiger partial charge in [-0.1, -0.05) is 12.1 Å². The van der Waals surface area contributed by atoms with Crippen LogP contribution < -0.4 is 4.74 Å². The van der Waals surface area contributed by atoms with E-state index in [0.29, 0.717) is 13.0 Å². The molecule has 0 aromatic heterocycles. The minimum Gasteiger partial charge on any atom is -0.497 e. The van der Waals surface area contributed by atoms with Crippen molar-refractivity contribution in [3.63, 3.8) is 0 Å². The molecule has 0 radical (unpaired) electrons. The summed E-state index contributed by atoms with van der Waals surface area (Å²) in [6, 6.07) is 7.75. The highest BCUT2D eigenvalue weighted by Gasteiger charge is 2.41. The topological polar surface area (TPSA) is 47.9 Å². The van der Waals surface area contributed by atoms with E-state index in [1.165, 1.54) is 0 Å². The van der Waals surface area contributed by atoms with Crippen molar-refractivity contribution >= 4 is 0 Å². The molecule has 0 amide bonds. The van der Waals surface area contributed by atoms with Crippen LogP contribution in [0, 0.1) is 0 Å². The summed E-state index contributed by atoms with van der Waals surface area (Å²) in [4.78, 5) is 0. The van der Waals surface area contributed by atoms with E-state index < -0.39 is 0 Å². The second kappa shape index (κ2) is 5.49. The molecular weight excluding hydrogens is 220 g/mol. The van der Waals surface area contributed by atoms with Gasteiger partial charge in [0.1, 0.15) is 11.9 Å². The van der Waals surface area contributed by atoms with E-state index in [9.17, 15) is 5.11 Å². The molecule has 0 spiro atoms. The SMILES string of the molecule is COc1ccc(COC2CC(O)C2OC)cc1. The Balaban J connectivity index is 1.81. The van der Waals surface area contributed by atoms with Crippen LogP contribution in [-0.4, -0.2) is 37.6 Å². The van der Waals surface area contributed by atoms with Crippen LogP contribution in [-0.2, 0) is 16.1 Å². The Kier molecular flexibility index (Phi) is 3.99. The second-order valence-electron chi connectivity index (χ2n) is 4.20. The lowest BCUT2D eigenvalue weighted by Crippen LogP contribution is -2.53. The number of rotatable bonds is 5. The predicted octanol–water partition coefficient (Wildman–Crippen LogP) is 1.36. The summed E-state index contributed by atoms with van der Waals surface area (Å²) in [6.07, 6.45) is 0.0699. The lowest BCUT2D eigenvalue weighted by molar-refractivity contribution is -0.185. The summed E-state index contributed by atoms with van der Waals surface area (Å²) in [6.45, 7) is 0.529. The van der Waals surface area contributed by atoms with Crippen LogP contribution in [0.15, 0.2) is 24.3 Å². The number of hydrogen-bond donors (Lipinski definition) is 1. The van der Waals surface area contributed by atoms with Gasteiger partial charge in [-0.05, 0) is 17.7 Å². The van der Waals surface area contributed by atoms with E-state index in [2.05, 4.69) is 0 Å². The summed E-state index contributed by atoms with van der Waals surface area (Å²) in [5.74, 6) is 0.836. The molecule has 1 aliphatic rings. The fourth-order valence-electron chi connectivity index (χ4n) is 1.95. The summed E-state index contributed by atoms with van der Waals surface area (Å²) >= 11 is 0. The van der Waals surface area contributed by atoms with Crippen molar-refractivity contribution in [2.45, 2.75) is 31.3 Å². The quantitative estimate of drug-likeness (QED) is 0.841. The van der Waals surface area contributed by atoms with Gasteiger partial charge in [-0.15, -0.1) is 0 Å². The third-order valence-electron chi connectivity index (χ3n) is 3.11. The molecule has 4 heteroatoms. The first-order valence-electron chi connectivity index (χ1n) is 5.70. The molecule has 17 heavy (non-hydrogen) atoms. The predicted molar refractivity (Wildman–Crippen MR) is 63.0 cm³/mol. The molecule has 1 N–H and O–H groups in total. The molecule has 0 heterocycles. The minimum atomic E-state index is -0.388.